The van der Waals surface area contributed by atoms with E-state index in [0.29, 0.717) is 5.69 Å². The Morgan fingerprint density at radius 1 is 1.35 bits per heavy atom. The van der Waals surface area contributed by atoms with Gasteiger partial charge < -0.3 is 10.6 Å². The van der Waals surface area contributed by atoms with Crippen LogP contribution in [0.25, 0.3) is 6.08 Å². The number of carbonyl (C=O) groups excluding carboxylic acids is 1. The Kier molecular flexibility index (Phi) is 4.96. The summed E-state index contributed by atoms with van der Waals surface area (Å²) < 4.78 is 0. The van der Waals surface area contributed by atoms with E-state index in [-0.39, 0.29) is 5.91 Å². The van der Waals surface area contributed by atoms with Gasteiger partial charge in [-0.2, -0.15) is 0 Å². The molecule has 2 rings (SSSR count). The number of likely N-dealkylation sites (N-methyl/N-ethyl adjacent to an activating group) is 1. The summed E-state index contributed by atoms with van der Waals surface area (Å²) in [4.78, 5) is 15.0. The molecule has 0 aliphatic heterocycles. The van der Waals surface area contributed by atoms with Gasteiger partial charge in [-0.05, 0) is 41.6 Å². The third kappa shape index (κ3) is 4.24. The van der Waals surface area contributed by atoms with E-state index in [1.165, 1.54) is 4.88 Å². The SMILES string of the molecule is CN(CCc1cccs1)C(=O)/C=C/c1cccc(N)c1. The molecular formula is C16H18N2OS. The normalized spacial score (nSPS) is 10.8. The van der Waals surface area contributed by atoms with E-state index in [1.807, 2.05) is 37.4 Å². The average molecular weight is 286 g/mol. The molecule has 0 saturated carbocycles. The highest BCUT2D eigenvalue weighted by Gasteiger charge is 2.05. The maximum absolute atomic E-state index is 12.0. The van der Waals surface area contributed by atoms with Crippen molar-refractivity contribution in [2.24, 2.45) is 0 Å². The van der Waals surface area contributed by atoms with Crippen molar-refractivity contribution >= 4 is 29.0 Å². The summed E-state index contributed by atoms with van der Waals surface area (Å²) >= 11 is 1.72. The molecule has 3 nitrogen and oxygen atoms in total. The zero-order valence-electron chi connectivity index (χ0n) is 11.5. The number of thiophene rings is 1. The minimum Gasteiger partial charge on any atom is -0.399 e. The molecule has 0 spiro atoms. The van der Waals surface area contributed by atoms with Crippen molar-refractivity contribution < 1.29 is 4.79 Å². The summed E-state index contributed by atoms with van der Waals surface area (Å²) in [7, 11) is 1.82. The molecule has 1 aromatic carbocycles. The maximum atomic E-state index is 12.0. The first-order valence-corrected chi connectivity index (χ1v) is 7.34. The van der Waals surface area contributed by atoms with Crippen LogP contribution in [0, 0.1) is 0 Å². The number of anilines is 1. The van der Waals surface area contributed by atoms with E-state index in [1.54, 1.807) is 28.4 Å². The Labute approximate surface area is 123 Å². The fourth-order valence-corrected chi connectivity index (χ4v) is 2.50. The number of hydrogen-bond acceptors (Lipinski definition) is 3. The molecule has 0 radical (unpaired) electrons. The lowest BCUT2D eigenvalue weighted by Crippen LogP contribution is -2.26. The fraction of sp³-hybridized carbons (Fsp3) is 0.188. The number of benzene rings is 1. The van der Waals surface area contributed by atoms with Crippen LogP contribution >= 0.6 is 11.3 Å². The molecule has 1 heterocycles. The van der Waals surface area contributed by atoms with Crippen molar-refractivity contribution in [3.05, 3.63) is 58.3 Å². The van der Waals surface area contributed by atoms with Gasteiger partial charge in [-0.3, -0.25) is 4.79 Å². The van der Waals surface area contributed by atoms with Gasteiger partial charge >= 0.3 is 0 Å². The van der Waals surface area contributed by atoms with Crippen LogP contribution < -0.4 is 5.73 Å². The third-order valence-electron chi connectivity index (χ3n) is 2.98. The summed E-state index contributed by atoms with van der Waals surface area (Å²) in [6, 6.07) is 11.6. The lowest BCUT2D eigenvalue weighted by Gasteiger charge is -2.14. The topological polar surface area (TPSA) is 46.3 Å². The van der Waals surface area contributed by atoms with Gasteiger partial charge in [-0.15, -0.1) is 11.3 Å². The molecule has 1 amide bonds. The van der Waals surface area contributed by atoms with Crippen molar-refractivity contribution in [1.29, 1.82) is 0 Å². The highest BCUT2D eigenvalue weighted by molar-refractivity contribution is 7.09. The number of nitrogens with two attached hydrogens (primary N) is 1. The van der Waals surface area contributed by atoms with E-state index in [9.17, 15) is 4.79 Å². The summed E-state index contributed by atoms with van der Waals surface area (Å²) in [6.45, 7) is 0.723. The molecule has 0 saturated heterocycles. The monoisotopic (exact) mass is 286 g/mol. The minimum atomic E-state index is 0.00369. The van der Waals surface area contributed by atoms with Gasteiger partial charge in [0.25, 0.3) is 0 Å². The number of carbonyl (C=O) groups is 1. The fourth-order valence-electron chi connectivity index (χ4n) is 1.80. The Morgan fingerprint density at radius 2 is 2.20 bits per heavy atom. The highest BCUT2D eigenvalue weighted by atomic mass is 32.1. The first-order chi connectivity index (χ1) is 9.65. The van der Waals surface area contributed by atoms with E-state index in [4.69, 9.17) is 5.73 Å². The Hall–Kier alpha value is -2.07. The van der Waals surface area contributed by atoms with Crippen LogP contribution in [-0.2, 0) is 11.2 Å². The largest absolute Gasteiger partial charge is 0.399 e. The molecule has 0 fully saturated rings. The number of rotatable bonds is 5. The van der Waals surface area contributed by atoms with Crippen molar-refractivity contribution in [1.82, 2.24) is 4.90 Å². The third-order valence-corrected chi connectivity index (χ3v) is 3.92. The minimum absolute atomic E-state index is 0.00369. The molecule has 0 aliphatic carbocycles. The van der Waals surface area contributed by atoms with Gasteiger partial charge in [0.15, 0.2) is 0 Å². The van der Waals surface area contributed by atoms with E-state index < -0.39 is 0 Å². The molecular weight excluding hydrogens is 268 g/mol. The summed E-state index contributed by atoms with van der Waals surface area (Å²) in [5.74, 6) is 0.00369. The molecule has 0 bridgehead atoms. The highest BCUT2D eigenvalue weighted by Crippen LogP contribution is 2.10. The van der Waals surface area contributed by atoms with Crippen molar-refractivity contribution in [2.75, 3.05) is 19.3 Å². The zero-order chi connectivity index (χ0) is 14.4. The summed E-state index contributed by atoms with van der Waals surface area (Å²) in [5, 5.41) is 2.05. The van der Waals surface area contributed by atoms with Crippen LogP contribution in [0.4, 0.5) is 5.69 Å². The number of nitrogens with zero attached hydrogens (tertiary/aromatic N) is 1. The lowest BCUT2D eigenvalue weighted by atomic mass is 10.2. The van der Waals surface area contributed by atoms with Crippen molar-refractivity contribution in [2.45, 2.75) is 6.42 Å². The molecule has 0 unspecified atom stereocenters. The quantitative estimate of drug-likeness (QED) is 0.678. The van der Waals surface area contributed by atoms with Crippen molar-refractivity contribution in [3.63, 3.8) is 0 Å². The Balaban J connectivity index is 1.87. The van der Waals surface area contributed by atoms with Gasteiger partial charge in [-0.1, -0.05) is 18.2 Å². The van der Waals surface area contributed by atoms with Crippen LogP contribution in [0.2, 0.25) is 0 Å². The molecule has 20 heavy (non-hydrogen) atoms. The predicted octanol–water partition coefficient (Wildman–Crippen LogP) is 3.04. The van der Waals surface area contributed by atoms with Crippen LogP contribution in [0.1, 0.15) is 10.4 Å². The second-order valence-electron chi connectivity index (χ2n) is 4.59. The molecule has 104 valence electrons. The maximum Gasteiger partial charge on any atom is 0.246 e. The van der Waals surface area contributed by atoms with Crippen LogP contribution in [0.15, 0.2) is 47.9 Å². The summed E-state index contributed by atoms with van der Waals surface area (Å²) in [6.07, 6.45) is 4.27. The van der Waals surface area contributed by atoms with E-state index >= 15 is 0 Å². The van der Waals surface area contributed by atoms with Gasteiger partial charge in [-0.25, -0.2) is 0 Å². The average Bonchev–Trinajstić information content (AvgIpc) is 2.95. The molecule has 1 aromatic heterocycles. The van der Waals surface area contributed by atoms with Gasteiger partial charge in [0.05, 0.1) is 0 Å². The van der Waals surface area contributed by atoms with Crippen LogP contribution in [0.5, 0.6) is 0 Å². The van der Waals surface area contributed by atoms with Crippen molar-refractivity contribution in [3.8, 4) is 0 Å². The Bertz CT molecular complexity index is 590. The summed E-state index contributed by atoms with van der Waals surface area (Å²) in [5.41, 5.74) is 7.33. The molecule has 4 heteroatoms. The van der Waals surface area contributed by atoms with Gasteiger partial charge in [0, 0.05) is 30.2 Å². The molecule has 2 N–H and O–H groups in total. The second-order valence-corrected chi connectivity index (χ2v) is 5.62. The first kappa shape index (κ1) is 14.3. The van der Waals surface area contributed by atoms with Gasteiger partial charge in [0.1, 0.15) is 0 Å². The Morgan fingerprint density at radius 3 is 2.90 bits per heavy atom. The number of amides is 1. The lowest BCUT2D eigenvalue weighted by molar-refractivity contribution is -0.124. The second kappa shape index (κ2) is 6.91. The molecule has 2 aromatic rings. The van der Waals surface area contributed by atoms with Gasteiger partial charge in [0.2, 0.25) is 5.91 Å². The molecule has 0 aliphatic rings. The van der Waals surface area contributed by atoms with Crippen LogP contribution in [-0.4, -0.2) is 24.4 Å². The van der Waals surface area contributed by atoms with E-state index in [2.05, 4.69) is 11.4 Å². The smallest absolute Gasteiger partial charge is 0.246 e. The van der Waals surface area contributed by atoms with E-state index in [0.717, 1.165) is 18.5 Å². The molecule has 0 atom stereocenters. The number of nitrogen functional groups attached to an aromatic ring is 1. The predicted molar refractivity (Wildman–Crippen MR) is 85.5 cm³/mol. The van der Waals surface area contributed by atoms with Crippen LogP contribution in [0.3, 0.4) is 0 Å². The standard InChI is InChI=1S/C16H18N2OS/c1-18(10-9-15-6-3-11-20-15)16(19)8-7-13-4-2-5-14(17)12-13/h2-8,11-12H,9-10,17H2,1H3/b8-7+. The zero-order valence-corrected chi connectivity index (χ0v) is 12.3. The number of hydrogen-bond donors (Lipinski definition) is 1. The first-order valence-electron chi connectivity index (χ1n) is 6.46.